The molecule has 0 aliphatic carbocycles. The largest absolute Gasteiger partial charge is 0.345 e. The highest BCUT2D eigenvalue weighted by molar-refractivity contribution is 6.42. The number of benzene rings is 2. The molecule has 0 bridgehead atoms. The highest BCUT2D eigenvalue weighted by atomic mass is 35.5. The SMILES string of the molecule is CN(C)C(=O)c1ccc(NC(=O)CCc2ccc(Cl)c(Cl)c2)cc1. The molecule has 0 saturated carbocycles. The number of nitrogens with zero attached hydrogens (tertiary/aromatic N) is 1. The predicted molar refractivity (Wildman–Crippen MR) is 97.9 cm³/mol. The van der Waals surface area contributed by atoms with Gasteiger partial charge in [-0.1, -0.05) is 29.3 Å². The van der Waals surface area contributed by atoms with Crippen molar-refractivity contribution in [2.24, 2.45) is 0 Å². The third-order valence-corrected chi connectivity index (χ3v) is 4.19. The Labute approximate surface area is 151 Å². The highest BCUT2D eigenvalue weighted by Crippen LogP contribution is 2.23. The van der Waals surface area contributed by atoms with Gasteiger partial charge < -0.3 is 10.2 Å². The summed E-state index contributed by atoms with van der Waals surface area (Å²) in [6, 6.07) is 12.1. The van der Waals surface area contributed by atoms with Crippen molar-refractivity contribution in [3.63, 3.8) is 0 Å². The van der Waals surface area contributed by atoms with E-state index >= 15 is 0 Å². The molecular weight excluding hydrogens is 347 g/mol. The van der Waals surface area contributed by atoms with E-state index < -0.39 is 0 Å². The lowest BCUT2D eigenvalue weighted by atomic mass is 10.1. The molecule has 0 fully saturated rings. The molecule has 2 aromatic carbocycles. The molecule has 126 valence electrons. The summed E-state index contributed by atoms with van der Waals surface area (Å²) in [6.07, 6.45) is 0.899. The van der Waals surface area contributed by atoms with Gasteiger partial charge in [-0.05, 0) is 48.4 Å². The normalized spacial score (nSPS) is 10.3. The summed E-state index contributed by atoms with van der Waals surface area (Å²) >= 11 is 11.8. The maximum Gasteiger partial charge on any atom is 0.253 e. The van der Waals surface area contributed by atoms with Crippen molar-refractivity contribution < 1.29 is 9.59 Å². The Hall–Kier alpha value is -2.04. The van der Waals surface area contributed by atoms with Crippen LogP contribution in [0.3, 0.4) is 0 Å². The van der Waals surface area contributed by atoms with Crippen molar-refractivity contribution in [1.82, 2.24) is 4.90 Å². The average Bonchev–Trinajstić information content (AvgIpc) is 2.56. The van der Waals surface area contributed by atoms with Gasteiger partial charge in [-0.3, -0.25) is 9.59 Å². The summed E-state index contributed by atoms with van der Waals surface area (Å²) in [5.41, 5.74) is 2.18. The quantitative estimate of drug-likeness (QED) is 0.861. The first-order valence-electron chi connectivity index (χ1n) is 7.42. The lowest BCUT2D eigenvalue weighted by molar-refractivity contribution is -0.116. The number of nitrogens with one attached hydrogen (secondary N) is 1. The highest BCUT2D eigenvalue weighted by Gasteiger charge is 2.09. The van der Waals surface area contributed by atoms with E-state index in [1.807, 2.05) is 6.07 Å². The molecule has 0 radical (unpaired) electrons. The monoisotopic (exact) mass is 364 g/mol. The number of amides is 2. The van der Waals surface area contributed by atoms with Crippen LogP contribution in [0.1, 0.15) is 22.3 Å². The van der Waals surface area contributed by atoms with Crippen molar-refractivity contribution in [1.29, 1.82) is 0 Å². The molecule has 1 N–H and O–H groups in total. The third-order valence-electron chi connectivity index (χ3n) is 3.45. The van der Waals surface area contributed by atoms with Gasteiger partial charge in [0.25, 0.3) is 5.91 Å². The van der Waals surface area contributed by atoms with Gasteiger partial charge >= 0.3 is 0 Å². The van der Waals surface area contributed by atoms with Crippen LogP contribution >= 0.6 is 23.2 Å². The first-order chi connectivity index (χ1) is 11.4. The van der Waals surface area contributed by atoms with E-state index in [0.29, 0.717) is 34.1 Å². The van der Waals surface area contributed by atoms with E-state index in [9.17, 15) is 9.59 Å². The van der Waals surface area contributed by atoms with Crippen LogP contribution in [0.25, 0.3) is 0 Å². The Kier molecular flexibility index (Phi) is 6.23. The minimum Gasteiger partial charge on any atom is -0.345 e. The van der Waals surface area contributed by atoms with Crippen LogP contribution in [0.15, 0.2) is 42.5 Å². The van der Waals surface area contributed by atoms with E-state index in [-0.39, 0.29) is 11.8 Å². The second-order valence-corrected chi connectivity index (χ2v) is 6.39. The van der Waals surface area contributed by atoms with Crippen LogP contribution in [0, 0.1) is 0 Å². The van der Waals surface area contributed by atoms with Crippen molar-refractivity contribution in [2.45, 2.75) is 12.8 Å². The first-order valence-corrected chi connectivity index (χ1v) is 8.18. The molecule has 2 amide bonds. The van der Waals surface area contributed by atoms with E-state index in [1.165, 1.54) is 4.90 Å². The van der Waals surface area contributed by atoms with Crippen LogP contribution in [-0.2, 0) is 11.2 Å². The minimum absolute atomic E-state index is 0.0764. The Morgan fingerprint density at radius 3 is 2.25 bits per heavy atom. The van der Waals surface area contributed by atoms with Gasteiger partial charge in [0.05, 0.1) is 10.0 Å². The summed E-state index contributed by atoms with van der Waals surface area (Å²) < 4.78 is 0. The molecule has 4 nitrogen and oxygen atoms in total. The molecule has 6 heteroatoms. The molecular formula is C18H18Cl2N2O2. The zero-order valence-electron chi connectivity index (χ0n) is 13.5. The summed E-state index contributed by atoms with van der Waals surface area (Å²) in [4.78, 5) is 25.3. The van der Waals surface area contributed by atoms with Gasteiger partial charge in [0.15, 0.2) is 0 Å². The molecule has 0 aromatic heterocycles. The lowest BCUT2D eigenvalue weighted by Gasteiger charge is -2.11. The van der Waals surface area contributed by atoms with Gasteiger partial charge in [-0.15, -0.1) is 0 Å². The number of anilines is 1. The predicted octanol–water partition coefficient (Wildman–Crippen LogP) is 4.27. The van der Waals surface area contributed by atoms with Gasteiger partial charge in [0.2, 0.25) is 5.91 Å². The fourth-order valence-corrected chi connectivity index (χ4v) is 2.45. The lowest BCUT2D eigenvalue weighted by Crippen LogP contribution is -2.21. The van der Waals surface area contributed by atoms with Crippen LogP contribution in [-0.4, -0.2) is 30.8 Å². The molecule has 2 rings (SSSR count). The number of aryl methyl sites for hydroxylation is 1. The van der Waals surface area contributed by atoms with Gasteiger partial charge in [-0.25, -0.2) is 0 Å². The van der Waals surface area contributed by atoms with E-state index in [1.54, 1.807) is 50.5 Å². The van der Waals surface area contributed by atoms with Gasteiger partial charge in [0.1, 0.15) is 0 Å². The fraction of sp³-hybridized carbons (Fsp3) is 0.222. The van der Waals surface area contributed by atoms with Crippen LogP contribution in [0.5, 0.6) is 0 Å². The van der Waals surface area contributed by atoms with E-state index in [2.05, 4.69) is 5.32 Å². The van der Waals surface area contributed by atoms with Gasteiger partial charge in [-0.2, -0.15) is 0 Å². The number of carbonyl (C=O) groups is 2. The maximum absolute atomic E-state index is 12.0. The molecule has 0 atom stereocenters. The topological polar surface area (TPSA) is 49.4 Å². The zero-order valence-corrected chi connectivity index (χ0v) is 15.0. The number of carbonyl (C=O) groups excluding carboxylic acids is 2. The van der Waals surface area contributed by atoms with Crippen molar-refractivity contribution in [2.75, 3.05) is 19.4 Å². The van der Waals surface area contributed by atoms with Crippen LogP contribution < -0.4 is 5.32 Å². The van der Waals surface area contributed by atoms with Crippen LogP contribution in [0.4, 0.5) is 5.69 Å². The second-order valence-electron chi connectivity index (χ2n) is 5.57. The Bertz CT molecular complexity index is 743. The number of hydrogen-bond donors (Lipinski definition) is 1. The second kappa shape index (κ2) is 8.18. The first kappa shape index (κ1) is 18.3. The molecule has 0 unspecified atom stereocenters. The number of hydrogen-bond acceptors (Lipinski definition) is 2. The summed E-state index contributed by atoms with van der Waals surface area (Å²) in [5.74, 6) is -0.180. The standard InChI is InChI=1S/C18H18Cl2N2O2/c1-22(2)18(24)13-5-7-14(8-6-13)21-17(23)10-4-12-3-9-15(19)16(20)11-12/h3,5-9,11H,4,10H2,1-2H3,(H,21,23). The van der Waals surface area contributed by atoms with E-state index in [0.717, 1.165) is 5.56 Å². The molecule has 2 aromatic rings. The van der Waals surface area contributed by atoms with Crippen molar-refractivity contribution in [3.8, 4) is 0 Å². The maximum atomic E-state index is 12.0. The smallest absolute Gasteiger partial charge is 0.253 e. The summed E-state index contributed by atoms with van der Waals surface area (Å²) in [5, 5.41) is 3.79. The number of rotatable bonds is 5. The minimum atomic E-state index is -0.104. The average molecular weight is 365 g/mol. The molecule has 0 saturated heterocycles. The molecule has 0 spiro atoms. The molecule has 0 heterocycles. The zero-order chi connectivity index (χ0) is 17.7. The number of halogens is 2. The van der Waals surface area contributed by atoms with Crippen molar-refractivity contribution in [3.05, 3.63) is 63.6 Å². The van der Waals surface area contributed by atoms with Gasteiger partial charge in [0, 0.05) is 31.8 Å². The molecule has 0 aliphatic heterocycles. The Balaban J connectivity index is 1.90. The van der Waals surface area contributed by atoms with Crippen LogP contribution in [0.2, 0.25) is 10.0 Å². The Morgan fingerprint density at radius 1 is 1.00 bits per heavy atom. The fourth-order valence-electron chi connectivity index (χ4n) is 2.13. The summed E-state index contributed by atoms with van der Waals surface area (Å²) in [6.45, 7) is 0. The summed E-state index contributed by atoms with van der Waals surface area (Å²) in [7, 11) is 3.39. The Morgan fingerprint density at radius 2 is 1.67 bits per heavy atom. The molecule has 24 heavy (non-hydrogen) atoms. The van der Waals surface area contributed by atoms with E-state index in [4.69, 9.17) is 23.2 Å². The molecule has 0 aliphatic rings. The third kappa shape index (κ3) is 4.98. The van der Waals surface area contributed by atoms with Crippen molar-refractivity contribution >= 4 is 40.7 Å².